The number of methoxy groups -OCH3 is 1. The Morgan fingerprint density at radius 3 is 1.59 bits per heavy atom. The number of hydrogen-bond donors (Lipinski definition) is 0. The molecule has 0 amide bonds. The summed E-state index contributed by atoms with van der Waals surface area (Å²) in [7, 11) is 1.69. The van der Waals surface area contributed by atoms with Crippen LogP contribution >= 0.6 is 0 Å². The van der Waals surface area contributed by atoms with Crippen molar-refractivity contribution in [3.8, 4) is 5.75 Å². The summed E-state index contributed by atoms with van der Waals surface area (Å²) in [5, 5.41) is 0. The first-order valence-corrected chi connectivity index (χ1v) is 14.4. The van der Waals surface area contributed by atoms with Gasteiger partial charge in [-0.25, -0.2) is 0 Å². The summed E-state index contributed by atoms with van der Waals surface area (Å²) >= 11 is 0. The summed E-state index contributed by atoms with van der Waals surface area (Å²) < 4.78 is 5.28. The molecule has 5 aromatic carbocycles. The molecule has 5 aromatic rings. The largest absolute Gasteiger partial charge is 0.497 e. The van der Waals surface area contributed by atoms with Crippen LogP contribution in [0.15, 0.2) is 121 Å². The number of nitrogens with zero attached hydrogens (tertiary/aromatic N) is 1. The monoisotopic (exact) mass is 533 g/mol. The third-order valence-electron chi connectivity index (χ3n) is 7.77. The Morgan fingerprint density at radius 2 is 1.02 bits per heavy atom. The average Bonchev–Trinajstić information content (AvgIpc) is 3.05. The molecule has 2 heteroatoms. The maximum Gasteiger partial charge on any atom is 0.118 e. The second-order valence-corrected chi connectivity index (χ2v) is 10.5. The Hall–Kier alpha value is -4.82. The van der Waals surface area contributed by atoms with E-state index in [9.17, 15) is 0 Å². The van der Waals surface area contributed by atoms with E-state index in [0.717, 1.165) is 29.8 Å². The predicted octanol–water partition coefficient (Wildman–Crippen LogP) is 10.4. The Balaban J connectivity index is 1.31. The summed E-state index contributed by atoms with van der Waals surface area (Å²) in [5.41, 5.74) is 11.3. The van der Waals surface area contributed by atoms with Crippen LogP contribution in [0.5, 0.6) is 5.75 Å². The van der Waals surface area contributed by atoms with Gasteiger partial charge in [0.15, 0.2) is 0 Å². The molecule has 0 heterocycles. The van der Waals surface area contributed by atoms with Crippen LogP contribution in [-0.4, -0.2) is 7.11 Å². The van der Waals surface area contributed by atoms with Crippen molar-refractivity contribution in [3.63, 3.8) is 0 Å². The van der Waals surface area contributed by atoms with Crippen LogP contribution in [0.25, 0.3) is 24.3 Å². The van der Waals surface area contributed by atoms with Gasteiger partial charge in [0.1, 0.15) is 5.75 Å². The van der Waals surface area contributed by atoms with E-state index < -0.39 is 0 Å². The molecule has 0 aromatic heterocycles. The van der Waals surface area contributed by atoms with Crippen LogP contribution in [0.1, 0.15) is 46.2 Å². The Labute approximate surface area is 243 Å². The number of fused-ring (bicyclic) bond motifs is 1. The van der Waals surface area contributed by atoms with Gasteiger partial charge in [0, 0.05) is 17.1 Å². The highest BCUT2D eigenvalue weighted by Gasteiger charge is 2.20. The van der Waals surface area contributed by atoms with Gasteiger partial charge in [0.25, 0.3) is 0 Å². The molecular weight excluding hydrogens is 498 g/mol. The maximum atomic E-state index is 5.28. The fraction of sp³-hybridized carbons (Fsp3) is 0.128. The quantitative estimate of drug-likeness (QED) is 0.184. The van der Waals surface area contributed by atoms with Crippen molar-refractivity contribution in [1.82, 2.24) is 0 Å². The zero-order valence-electron chi connectivity index (χ0n) is 23.5. The van der Waals surface area contributed by atoms with E-state index >= 15 is 0 Å². The minimum Gasteiger partial charge on any atom is -0.497 e. The molecule has 0 saturated heterocycles. The molecule has 2 nitrogen and oxygen atoms in total. The number of ether oxygens (including phenoxy) is 1. The summed E-state index contributed by atoms with van der Waals surface area (Å²) in [4.78, 5) is 2.42. The second kappa shape index (κ2) is 12.6. The van der Waals surface area contributed by atoms with Crippen LogP contribution in [0.4, 0.5) is 17.1 Å². The van der Waals surface area contributed by atoms with E-state index in [2.05, 4.69) is 132 Å². The molecule has 0 spiro atoms. The normalized spacial score (nSPS) is 12.9. The number of anilines is 3. The molecule has 1 aliphatic carbocycles. The summed E-state index contributed by atoms with van der Waals surface area (Å²) in [6.45, 7) is 0. The highest BCUT2D eigenvalue weighted by molar-refractivity contribution is 5.81. The van der Waals surface area contributed by atoms with Crippen LogP contribution in [0.2, 0.25) is 0 Å². The molecule has 6 rings (SSSR count). The zero-order chi connectivity index (χ0) is 27.9. The van der Waals surface area contributed by atoms with E-state index in [-0.39, 0.29) is 0 Å². The number of hydrogen-bond acceptors (Lipinski definition) is 2. The molecule has 0 unspecified atom stereocenters. The van der Waals surface area contributed by atoms with E-state index in [1.807, 2.05) is 18.2 Å². The van der Waals surface area contributed by atoms with Gasteiger partial charge in [-0.2, -0.15) is 0 Å². The van der Waals surface area contributed by atoms with Crippen molar-refractivity contribution in [2.75, 3.05) is 12.0 Å². The molecule has 41 heavy (non-hydrogen) atoms. The van der Waals surface area contributed by atoms with E-state index in [1.54, 1.807) is 7.11 Å². The molecular formula is C39H35NO. The van der Waals surface area contributed by atoms with Gasteiger partial charge in [-0.05, 0) is 102 Å². The Bertz CT molecular complexity index is 1630. The summed E-state index contributed by atoms with van der Waals surface area (Å²) in [6.07, 6.45) is 13.5. The number of aryl methyl sites for hydroxylation is 1. The predicted molar refractivity (Wildman–Crippen MR) is 175 cm³/mol. The highest BCUT2D eigenvalue weighted by atomic mass is 16.5. The third-order valence-corrected chi connectivity index (χ3v) is 7.77. The zero-order valence-corrected chi connectivity index (χ0v) is 23.5. The van der Waals surface area contributed by atoms with Gasteiger partial charge in [0.2, 0.25) is 0 Å². The lowest BCUT2D eigenvalue weighted by molar-refractivity contribution is 0.415. The van der Waals surface area contributed by atoms with Gasteiger partial charge in [-0.1, -0.05) is 103 Å². The SMILES string of the molecule is COc1ccc(C=Cc2ccc(N(c3ccc(C=Cc4ccccc4)cc3)c3cccc4c3CCCC4)cc2)cc1. The van der Waals surface area contributed by atoms with Crippen molar-refractivity contribution in [2.24, 2.45) is 0 Å². The molecule has 0 aliphatic heterocycles. The van der Waals surface area contributed by atoms with Crippen molar-refractivity contribution in [3.05, 3.63) is 155 Å². The minimum atomic E-state index is 0.870. The molecule has 0 fully saturated rings. The first-order valence-electron chi connectivity index (χ1n) is 14.4. The van der Waals surface area contributed by atoms with Crippen LogP contribution < -0.4 is 9.64 Å². The van der Waals surface area contributed by atoms with Crippen molar-refractivity contribution in [1.29, 1.82) is 0 Å². The topological polar surface area (TPSA) is 12.5 Å². The summed E-state index contributed by atoms with van der Waals surface area (Å²) in [5.74, 6) is 0.870. The fourth-order valence-corrected chi connectivity index (χ4v) is 5.53. The molecule has 1 aliphatic rings. The minimum absolute atomic E-state index is 0.870. The van der Waals surface area contributed by atoms with Crippen molar-refractivity contribution >= 4 is 41.4 Å². The van der Waals surface area contributed by atoms with Gasteiger partial charge < -0.3 is 9.64 Å². The van der Waals surface area contributed by atoms with E-state index in [1.165, 1.54) is 52.0 Å². The molecule has 0 atom stereocenters. The smallest absolute Gasteiger partial charge is 0.118 e. The Kier molecular flexibility index (Phi) is 8.10. The van der Waals surface area contributed by atoms with Gasteiger partial charge in [0.05, 0.1) is 7.11 Å². The molecule has 202 valence electrons. The average molecular weight is 534 g/mol. The lowest BCUT2D eigenvalue weighted by Crippen LogP contribution is -2.15. The van der Waals surface area contributed by atoms with Crippen LogP contribution in [0, 0.1) is 0 Å². The lowest BCUT2D eigenvalue weighted by Gasteiger charge is -2.30. The summed E-state index contributed by atoms with van der Waals surface area (Å²) in [6, 6.07) is 43.2. The number of rotatable bonds is 8. The van der Waals surface area contributed by atoms with Crippen molar-refractivity contribution < 1.29 is 4.74 Å². The molecule has 0 N–H and O–H groups in total. The third kappa shape index (κ3) is 6.34. The first kappa shape index (κ1) is 26.4. The fourth-order valence-electron chi connectivity index (χ4n) is 5.53. The second-order valence-electron chi connectivity index (χ2n) is 10.5. The first-order chi connectivity index (χ1) is 20.3. The maximum absolute atomic E-state index is 5.28. The highest BCUT2D eigenvalue weighted by Crippen LogP contribution is 2.40. The van der Waals surface area contributed by atoms with Crippen molar-refractivity contribution in [2.45, 2.75) is 25.7 Å². The van der Waals surface area contributed by atoms with Gasteiger partial charge in [-0.15, -0.1) is 0 Å². The van der Waals surface area contributed by atoms with Gasteiger partial charge in [-0.3, -0.25) is 0 Å². The number of benzene rings is 5. The van der Waals surface area contributed by atoms with Gasteiger partial charge >= 0.3 is 0 Å². The lowest BCUT2D eigenvalue weighted by atomic mass is 9.90. The molecule has 0 radical (unpaired) electrons. The van der Waals surface area contributed by atoms with Crippen LogP contribution in [0.3, 0.4) is 0 Å². The van der Waals surface area contributed by atoms with E-state index in [4.69, 9.17) is 4.74 Å². The molecule has 0 saturated carbocycles. The van der Waals surface area contributed by atoms with Crippen LogP contribution in [-0.2, 0) is 12.8 Å². The Morgan fingerprint density at radius 1 is 0.512 bits per heavy atom. The molecule has 0 bridgehead atoms. The van der Waals surface area contributed by atoms with E-state index in [0.29, 0.717) is 0 Å². The standard InChI is InChI=1S/C39H35NO/c1-41-37-28-22-33(23-29-37)17-16-32-20-26-36(27-21-32)40(39-13-7-11-34-10-5-6-12-38(34)39)35-24-18-31(19-25-35)15-14-30-8-3-2-4-9-30/h2-4,7-9,11,13-29H,5-6,10,12H2,1H3.